The summed E-state index contributed by atoms with van der Waals surface area (Å²) < 4.78 is 5.15. The number of carboxylic acids is 1. The Kier molecular flexibility index (Phi) is 3.54. The highest BCUT2D eigenvalue weighted by atomic mass is 35.5. The van der Waals surface area contributed by atoms with Crippen molar-refractivity contribution in [1.82, 2.24) is 0 Å². The maximum Gasteiger partial charge on any atom is 0.339 e. The molecule has 1 aromatic carbocycles. The molecule has 74 valence electrons. The molecule has 0 saturated carbocycles. The molecule has 1 N–H and O–H groups in total. The van der Waals surface area contributed by atoms with E-state index in [-0.39, 0.29) is 17.9 Å². The van der Waals surface area contributed by atoms with Crippen LogP contribution in [0.15, 0.2) is 30.9 Å². The third kappa shape index (κ3) is 2.50. The van der Waals surface area contributed by atoms with Crippen molar-refractivity contribution in [3.63, 3.8) is 0 Å². The third-order valence-corrected chi connectivity index (χ3v) is 1.77. The van der Waals surface area contributed by atoms with Crippen LogP contribution < -0.4 is 4.74 Å². The maximum absolute atomic E-state index is 10.7. The first-order valence-electron chi connectivity index (χ1n) is 3.91. The largest absolute Gasteiger partial charge is 0.489 e. The van der Waals surface area contributed by atoms with Gasteiger partial charge in [-0.2, -0.15) is 0 Å². The molecule has 0 unspecified atom stereocenters. The van der Waals surface area contributed by atoms with Gasteiger partial charge in [0.25, 0.3) is 0 Å². The number of ether oxygens (including phenoxy) is 1. The van der Waals surface area contributed by atoms with Gasteiger partial charge in [-0.25, -0.2) is 4.79 Å². The van der Waals surface area contributed by atoms with Crippen LogP contribution in [0.25, 0.3) is 0 Å². The van der Waals surface area contributed by atoms with Crippen molar-refractivity contribution in [3.8, 4) is 5.75 Å². The number of rotatable bonds is 4. The van der Waals surface area contributed by atoms with Gasteiger partial charge < -0.3 is 9.84 Å². The minimum atomic E-state index is -1.04. The van der Waals surface area contributed by atoms with Crippen molar-refractivity contribution in [2.45, 2.75) is 0 Å². The summed E-state index contributed by atoms with van der Waals surface area (Å²) in [6, 6.07) is 4.38. The molecule has 0 amide bonds. The Morgan fingerprint density at radius 2 is 2.36 bits per heavy atom. The van der Waals surface area contributed by atoms with Gasteiger partial charge in [0.1, 0.15) is 17.9 Å². The highest BCUT2D eigenvalue weighted by Crippen LogP contribution is 2.23. The molecule has 0 aliphatic heterocycles. The molecule has 0 saturated heterocycles. The topological polar surface area (TPSA) is 46.5 Å². The minimum Gasteiger partial charge on any atom is -0.489 e. The van der Waals surface area contributed by atoms with E-state index in [4.69, 9.17) is 21.4 Å². The van der Waals surface area contributed by atoms with E-state index in [1.807, 2.05) is 0 Å². The van der Waals surface area contributed by atoms with Crippen molar-refractivity contribution in [2.24, 2.45) is 0 Å². The van der Waals surface area contributed by atoms with Crippen LogP contribution in [0.2, 0.25) is 5.02 Å². The Bertz CT molecular complexity index is 360. The number of carboxylic acid groups (broad SMARTS) is 1. The summed E-state index contributed by atoms with van der Waals surface area (Å²) in [6.45, 7) is 3.72. The van der Waals surface area contributed by atoms with Crippen molar-refractivity contribution in [2.75, 3.05) is 6.61 Å². The second-order valence-corrected chi connectivity index (χ2v) is 2.98. The fourth-order valence-electron chi connectivity index (χ4n) is 0.941. The molecule has 0 spiro atoms. The second kappa shape index (κ2) is 4.67. The van der Waals surface area contributed by atoms with E-state index in [0.29, 0.717) is 5.02 Å². The fourth-order valence-corrected chi connectivity index (χ4v) is 1.10. The molecule has 0 heterocycles. The highest BCUT2D eigenvalue weighted by molar-refractivity contribution is 6.30. The lowest BCUT2D eigenvalue weighted by molar-refractivity contribution is 0.0693. The molecule has 0 radical (unpaired) electrons. The summed E-state index contributed by atoms with van der Waals surface area (Å²) in [6.07, 6.45) is 1.53. The van der Waals surface area contributed by atoms with Crippen LogP contribution in [-0.2, 0) is 0 Å². The van der Waals surface area contributed by atoms with Crippen LogP contribution in [0.1, 0.15) is 10.4 Å². The zero-order valence-electron chi connectivity index (χ0n) is 7.37. The van der Waals surface area contributed by atoms with E-state index in [9.17, 15) is 4.79 Å². The Balaban J connectivity index is 3.02. The van der Waals surface area contributed by atoms with Crippen LogP contribution in [0.5, 0.6) is 5.75 Å². The van der Waals surface area contributed by atoms with Gasteiger partial charge in [0, 0.05) is 5.02 Å². The van der Waals surface area contributed by atoms with E-state index in [1.54, 1.807) is 0 Å². The fraction of sp³-hybridized carbons (Fsp3) is 0.100. The third-order valence-electron chi connectivity index (χ3n) is 1.53. The van der Waals surface area contributed by atoms with Gasteiger partial charge in [-0.05, 0) is 18.2 Å². The van der Waals surface area contributed by atoms with Crippen LogP contribution >= 0.6 is 11.6 Å². The molecule has 14 heavy (non-hydrogen) atoms. The summed E-state index contributed by atoms with van der Waals surface area (Å²) in [5.41, 5.74) is 0.0938. The molecule has 1 aromatic rings. The van der Waals surface area contributed by atoms with Gasteiger partial charge in [0.05, 0.1) is 0 Å². The van der Waals surface area contributed by atoms with E-state index in [0.717, 1.165) is 0 Å². The molecule has 0 aliphatic carbocycles. The van der Waals surface area contributed by atoms with E-state index in [2.05, 4.69) is 6.58 Å². The summed E-state index contributed by atoms with van der Waals surface area (Å²) in [5.74, 6) is -0.786. The first kappa shape index (κ1) is 10.6. The Hall–Kier alpha value is -1.48. The van der Waals surface area contributed by atoms with Crippen molar-refractivity contribution in [1.29, 1.82) is 0 Å². The quantitative estimate of drug-likeness (QED) is 0.781. The zero-order chi connectivity index (χ0) is 10.6. The molecule has 0 atom stereocenters. The number of hydrogen-bond acceptors (Lipinski definition) is 2. The van der Waals surface area contributed by atoms with Gasteiger partial charge in [0.15, 0.2) is 0 Å². The summed E-state index contributed by atoms with van der Waals surface area (Å²) in [7, 11) is 0. The monoisotopic (exact) mass is 212 g/mol. The lowest BCUT2D eigenvalue weighted by Crippen LogP contribution is -2.02. The van der Waals surface area contributed by atoms with Crippen LogP contribution in [0, 0.1) is 0 Å². The number of hydrogen-bond donors (Lipinski definition) is 1. The predicted octanol–water partition coefficient (Wildman–Crippen LogP) is 2.60. The van der Waals surface area contributed by atoms with Crippen LogP contribution in [-0.4, -0.2) is 17.7 Å². The van der Waals surface area contributed by atoms with Crippen molar-refractivity contribution >= 4 is 17.6 Å². The zero-order valence-corrected chi connectivity index (χ0v) is 8.12. The van der Waals surface area contributed by atoms with E-state index >= 15 is 0 Å². The molecular weight excluding hydrogens is 204 g/mol. The molecule has 0 bridgehead atoms. The first-order chi connectivity index (χ1) is 6.65. The average molecular weight is 213 g/mol. The normalized spacial score (nSPS) is 9.50. The summed E-state index contributed by atoms with van der Waals surface area (Å²) in [5, 5.41) is 9.25. The molecule has 0 aromatic heterocycles. The first-order valence-corrected chi connectivity index (χ1v) is 4.29. The molecule has 1 rings (SSSR count). The average Bonchev–Trinajstić information content (AvgIpc) is 2.14. The van der Waals surface area contributed by atoms with Gasteiger partial charge in [-0.1, -0.05) is 24.3 Å². The second-order valence-electron chi connectivity index (χ2n) is 2.55. The van der Waals surface area contributed by atoms with Crippen LogP contribution in [0.3, 0.4) is 0 Å². The lowest BCUT2D eigenvalue weighted by Gasteiger charge is -2.06. The van der Waals surface area contributed by atoms with Gasteiger partial charge in [-0.15, -0.1) is 0 Å². The predicted molar refractivity (Wildman–Crippen MR) is 54.1 cm³/mol. The van der Waals surface area contributed by atoms with E-state index in [1.165, 1.54) is 24.3 Å². The van der Waals surface area contributed by atoms with Gasteiger partial charge in [0.2, 0.25) is 0 Å². The summed E-state index contributed by atoms with van der Waals surface area (Å²) in [4.78, 5) is 10.7. The summed E-state index contributed by atoms with van der Waals surface area (Å²) >= 11 is 5.70. The maximum atomic E-state index is 10.7. The molecular formula is C10H9ClO3. The number of aromatic carboxylic acids is 1. The molecule has 0 fully saturated rings. The minimum absolute atomic E-state index is 0.0938. The van der Waals surface area contributed by atoms with Gasteiger partial charge >= 0.3 is 5.97 Å². The Labute approximate surface area is 86.6 Å². The van der Waals surface area contributed by atoms with Crippen molar-refractivity contribution in [3.05, 3.63) is 41.4 Å². The Morgan fingerprint density at radius 3 is 2.93 bits per heavy atom. The number of benzene rings is 1. The highest BCUT2D eigenvalue weighted by Gasteiger charge is 2.10. The smallest absolute Gasteiger partial charge is 0.339 e. The molecule has 0 aliphatic rings. The SMILES string of the molecule is C=CCOc1cc(Cl)ccc1C(=O)O. The van der Waals surface area contributed by atoms with Gasteiger partial charge in [-0.3, -0.25) is 0 Å². The van der Waals surface area contributed by atoms with Crippen LogP contribution in [0.4, 0.5) is 0 Å². The van der Waals surface area contributed by atoms with Crippen molar-refractivity contribution < 1.29 is 14.6 Å². The number of carbonyl (C=O) groups is 1. The Morgan fingerprint density at radius 1 is 1.64 bits per heavy atom. The standard InChI is InChI=1S/C10H9ClO3/c1-2-5-14-9-6-7(11)3-4-8(9)10(12)13/h2-4,6H,1,5H2,(H,12,13). The number of halogens is 1. The van der Waals surface area contributed by atoms with E-state index < -0.39 is 5.97 Å². The molecule has 4 heteroatoms. The molecule has 3 nitrogen and oxygen atoms in total. The lowest BCUT2D eigenvalue weighted by atomic mass is 10.2.